The van der Waals surface area contributed by atoms with Crippen molar-refractivity contribution in [1.82, 2.24) is 0 Å². The number of primary amides is 1. The number of rotatable bonds is 4. The van der Waals surface area contributed by atoms with Gasteiger partial charge in [-0.1, -0.05) is 24.3 Å². The molecule has 0 radical (unpaired) electrons. The van der Waals surface area contributed by atoms with E-state index in [1.54, 1.807) is 24.3 Å². The Hall–Kier alpha value is -2.17. The highest BCUT2D eigenvalue weighted by atomic mass is 16.6. The summed E-state index contributed by atoms with van der Waals surface area (Å²) in [6.45, 7) is 1.43. The van der Waals surface area contributed by atoms with E-state index in [-0.39, 0.29) is 12.1 Å². The third kappa shape index (κ3) is 3.53. The van der Waals surface area contributed by atoms with Crippen LogP contribution in [0.5, 0.6) is 0 Å². The lowest BCUT2D eigenvalue weighted by Crippen LogP contribution is -2.13. The number of benzene rings is 1. The van der Waals surface area contributed by atoms with Gasteiger partial charge in [0.1, 0.15) is 0 Å². The van der Waals surface area contributed by atoms with Crippen LogP contribution in [0.4, 0.5) is 0 Å². The molecule has 0 bridgehead atoms. The molecule has 16 heavy (non-hydrogen) atoms. The Morgan fingerprint density at radius 1 is 1.44 bits per heavy atom. The fourth-order valence-corrected chi connectivity index (χ4v) is 1.23. The second kappa shape index (κ2) is 5.06. The minimum absolute atomic E-state index is 0.0719. The molecule has 5 heteroatoms. The van der Waals surface area contributed by atoms with E-state index in [2.05, 4.69) is 0 Å². The summed E-state index contributed by atoms with van der Waals surface area (Å²) in [6.07, 6.45) is 1.65. The number of hydrogen-bond donors (Lipinski definition) is 1. The summed E-state index contributed by atoms with van der Waals surface area (Å²) in [4.78, 5) is 20.6. The lowest BCUT2D eigenvalue weighted by atomic mass is 10.1. The molecule has 1 amide bonds. The van der Waals surface area contributed by atoms with E-state index in [0.29, 0.717) is 0 Å². The number of carbonyl (C=O) groups excluding carboxylic acids is 1. The molecule has 0 aliphatic rings. The van der Waals surface area contributed by atoms with Gasteiger partial charge >= 0.3 is 0 Å². The van der Waals surface area contributed by atoms with Crippen LogP contribution in [-0.4, -0.2) is 10.8 Å². The van der Waals surface area contributed by atoms with Crippen LogP contribution < -0.4 is 5.73 Å². The van der Waals surface area contributed by atoms with Gasteiger partial charge in [-0.05, 0) is 11.1 Å². The Bertz CT molecular complexity index is 435. The molecule has 0 unspecified atom stereocenters. The van der Waals surface area contributed by atoms with Crippen LogP contribution in [-0.2, 0) is 11.2 Å². The van der Waals surface area contributed by atoms with E-state index >= 15 is 0 Å². The molecule has 1 aromatic rings. The van der Waals surface area contributed by atoms with Gasteiger partial charge in [0, 0.05) is 13.0 Å². The van der Waals surface area contributed by atoms with Gasteiger partial charge in [0.05, 0.1) is 11.3 Å². The molecular weight excluding hydrogens is 208 g/mol. The molecule has 1 aromatic carbocycles. The number of nitrogens with zero attached hydrogens (tertiary/aromatic N) is 1. The molecule has 84 valence electrons. The average molecular weight is 220 g/mol. The molecular formula is C11H12N2O3. The van der Waals surface area contributed by atoms with E-state index in [4.69, 9.17) is 5.73 Å². The van der Waals surface area contributed by atoms with Gasteiger partial charge in [-0.3, -0.25) is 14.9 Å². The second-order valence-corrected chi connectivity index (χ2v) is 3.43. The summed E-state index contributed by atoms with van der Waals surface area (Å²) >= 11 is 0. The zero-order valence-corrected chi connectivity index (χ0v) is 8.84. The Labute approximate surface area is 92.7 Å². The van der Waals surface area contributed by atoms with Gasteiger partial charge in [-0.2, -0.15) is 0 Å². The Morgan fingerprint density at radius 2 is 2.00 bits per heavy atom. The van der Waals surface area contributed by atoms with Crippen LogP contribution in [0, 0.1) is 10.1 Å². The normalized spacial score (nSPS) is 11.2. The summed E-state index contributed by atoms with van der Waals surface area (Å²) in [5, 5.41) is 10.4. The largest absolute Gasteiger partial charge is 0.369 e. The zero-order chi connectivity index (χ0) is 12.1. The quantitative estimate of drug-likeness (QED) is 0.613. The highest BCUT2D eigenvalue weighted by Gasteiger charge is 2.02. The summed E-state index contributed by atoms with van der Waals surface area (Å²) in [6, 6.07) is 6.88. The van der Waals surface area contributed by atoms with Crippen molar-refractivity contribution < 1.29 is 9.72 Å². The zero-order valence-electron chi connectivity index (χ0n) is 8.84. The summed E-state index contributed by atoms with van der Waals surface area (Å²) < 4.78 is 0. The molecule has 0 aliphatic carbocycles. The van der Waals surface area contributed by atoms with E-state index < -0.39 is 10.8 Å². The Morgan fingerprint density at radius 3 is 2.44 bits per heavy atom. The van der Waals surface area contributed by atoms with Gasteiger partial charge in [-0.25, -0.2) is 0 Å². The first-order chi connectivity index (χ1) is 7.49. The van der Waals surface area contributed by atoms with Crippen molar-refractivity contribution in [3.63, 3.8) is 0 Å². The highest BCUT2D eigenvalue weighted by Crippen LogP contribution is 2.09. The second-order valence-electron chi connectivity index (χ2n) is 3.43. The first-order valence-corrected chi connectivity index (χ1v) is 4.69. The van der Waals surface area contributed by atoms with E-state index in [9.17, 15) is 14.9 Å². The number of carbonyl (C=O) groups is 1. The molecule has 0 saturated carbocycles. The van der Waals surface area contributed by atoms with Crippen molar-refractivity contribution in [1.29, 1.82) is 0 Å². The Kier molecular flexibility index (Phi) is 3.77. The average Bonchev–Trinajstić information content (AvgIpc) is 2.20. The van der Waals surface area contributed by atoms with Crippen LogP contribution >= 0.6 is 0 Å². The number of amides is 1. The summed E-state index contributed by atoms with van der Waals surface area (Å²) in [5.41, 5.74) is 6.63. The minimum Gasteiger partial charge on any atom is -0.369 e. The first-order valence-electron chi connectivity index (χ1n) is 4.69. The van der Waals surface area contributed by atoms with E-state index in [1.165, 1.54) is 13.0 Å². The van der Waals surface area contributed by atoms with Crippen molar-refractivity contribution in [3.8, 4) is 0 Å². The number of nitrogens with two attached hydrogens (primary N) is 1. The number of allylic oxidation sites excluding steroid dienone is 1. The third-order valence-electron chi connectivity index (χ3n) is 2.02. The lowest BCUT2D eigenvalue weighted by molar-refractivity contribution is -0.422. The fourth-order valence-electron chi connectivity index (χ4n) is 1.23. The molecule has 0 spiro atoms. The summed E-state index contributed by atoms with van der Waals surface area (Å²) in [7, 11) is 0. The van der Waals surface area contributed by atoms with Gasteiger partial charge in [0.25, 0.3) is 0 Å². The van der Waals surface area contributed by atoms with E-state index in [1.807, 2.05) is 0 Å². The predicted octanol–water partition coefficient (Wildman–Crippen LogP) is 1.35. The van der Waals surface area contributed by atoms with E-state index in [0.717, 1.165) is 11.1 Å². The predicted molar refractivity (Wildman–Crippen MR) is 60.0 cm³/mol. The number of hydrogen-bond acceptors (Lipinski definition) is 3. The molecule has 0 aromatic heterocycles. The van der Waals surface area contributed by atoms with Gasteiger partial charge < -0.3 is 5.73 Å². The first kappa shape index (κ1) is 11.9. The van der Waals surface area contributed by atoms with Crippen LogP contribution in [0.25, 0.3) is 6.08 Å². The monoisotopic (exact) mass is 220 g/mol. The minimum atomic E-state index is -0.447. The maximum absolute atomic E-state index is 10.6. The SMILES string of the molecule is CC(=Cc1ccc(CC(N)=O)cc1)[N+](=O)[O-]. The van der Waals surface area contributed by atoms with Crippen molar-refractivity contribution in [2.45, 2.75) is 13.3 Å². The van der Waals surface area contributed by atoms with Gasteiger partial charge in [0.2, 0.25) is 11.6 Å². The van der Waals surface area contributed by atoms with Crippen molar-refractivity contribution >= 4 is 12.0 Å². The molecule has 0 atom stereocenters. The molecule has 0 aliphatic heterocycles. The molecule has 0 fully saturated rings. The smallest absolute Gasteiger partial charge is 0.243 e. The maximum Gasteiger partial charge on any atom is 0.243 e. The molecule has 5 nitrogen and oxygen atoms in total. The van der Waals surface area contributed by atoms with Crippen LogP contribution in [0.2, 0.25) is 0 Å². The number of nitro groups is 1. The molecule has 0 saturated heterocycles. The fraction of sp³-hybridized carbons (Fsp3) is 0.182. The van der Waals surface area contributed by atoms with Crippen LogP contribution in [0.15, 0.2) is 30.0 Å². The lowest BCUT2D eigenvalue weighted by Gasteiger charge is -1.98. The van der Waals surface area contributed by atoms with Gasteiger partial charge in [0.15, 0.2) is 0 Å². The highest BCUT2D eigenvalue weighted by molar-refractivity contribution is 5.76. The molecule has 0 heterocycles. The van der Waals surface area contributed by atoms with Gasteiger partial charge in [-0.15, -0.1) is 0 Å². The standard InChI is InChI=1S/C11H12N2O3/c1-8(13(15)16)6-9-2-4-10(5-3-9)7-11(12)14/h2-6H,7H2,1H3,(H2,12,14). The van der Waals surface area contributed by atoms with Crippen LogP contribution in [0.1, 0.15) is 18.1 Å². The molecule has 1 rings (SSSR count). The van der Waals surface area contributed by atoms with Crippen LogP contribution in [0.3, 0.4) is 0 Å². The molecule has 2 N–H and O–H groups in total. The summed E-state index contributed by atoms with van der Waals surface area (Å²) in [5.74, 6) is -0.398. The Balaban J connectivity index is 2.83. The van der Waals surface area contributed by atoms with Crippen molar-refractivity contribution in [3.05, 3.63) is 51.2 Å². The van der Waals surface area contributed by atoms with Crippen molar-refractivity contribution in [2.75, 3.05) is 0 Å². The topological polar surface area (TPSA) is 86.2 Å². The maximum atomic E-state index is 10.6. The van der Waals surface area contributed by atoms with Crippen molar-refractivity contribution in [2.24, 2.45) is 5.73 Å². The third-order valence-corrected chi connectivity index (χ3v) is 2.02.